The molecule has 0 atom stereocenters. The average Bonchev–Trinajstić information content (AvgIpc) is 2.80. The van der Waals surface area contributed by atoms with Crippen molar-refractivity contribution in [3.63, 3.8) is 0 Å². The van der Waals surface area contributed by atoms with Crippen LogP contribution in [0.4, 0.5) is 0 Å². The topological polar surface area (TPSA) is 44.1 Å². The minimum Gasteiger partial charge on any atom is -0.461 e. The Morgan fingerprint density at radius 1 is 1.47 bits per heavy atom. The van der Waals surface area contributed by atoms with Gasteiger partial charge in [0.2, 0.25) is 0 Å². The summed E-state index contributed by atoms with van der Waals surface area (Å²) in [6, 6.07) is 0.502. The van der Waals surface area contributed by atoms with Crippen LogP contribution in [0.3, 0.4) is 0 Å². The summed E-state index contributed by atoms with van der Waals surface area (Å²) in [5.41, 5.74) is 0.422. The number of aromatic nitrogens is 2. The van der Waals surface area contributed by atoms with Crippen LogP contribution in [0.5, 0.6) is 0 Å². The van der Waals surface area contributed by atoms with Crippen molar-refractivity contribution in [2.45, 2.75) is 45.6 Å². The highest BCUT2D eigenvalue weighted by Gasteiger charge is 2.20. The fraction of sp³-hybridized carbons (Fsp3) is 0.692. The van der Waals surface area contributed by atoms with E-state index in [9.17, 15) is 4.79 Å². The largest absolute Gasteiger partial charge is 0.461 e. The van der Waals surface area contributed by atoms with Gasteiger partial charge in [0, 0.05) is 12.2 Å². The molecule has 1 saturated carbocycles. The number of carbonyl (C=O) groups excluding carboxylic acids is 1. The molecular weight excluding hydrogens is 216 g/mol. The van der Waals surface area contributed by atoms with E-state index in [1.807, 2.05) is 6.20 Å². The van der Waals surface area contributed by atoms with Crippen LogP contribution in [0.15, 0.2) is 12.5 Å². The lowest BCUT2D eigenvalue weighted by Crippen LogP contribution is -2.15. The highest BCUT2D eigenvalue weighted by Crippen LogP contribution is 2.31. The summed E-state index contributed by atoms with van der Waals surface area (Å²) >= 11 is 0. The smallest absolute Gasteiger partial charge is 0.358 e. The highest BCUT2D eigenvalue weighted by atomic mass is 16.5. The summed E-state index contributed by atoms with van der Waals surface area (Å²) in [4.78, 5) is 15.6. The van der Waals surface area contributed by atoms with E-state index in [0.29, 0.717) is 18.3 Å². The van der Waals surface area contributed by atoms with Crippen LogP contribution in [-0.4, -0.2) is 22.1 Å². The Morgan fingerprint density at radius 3 is 2.82 bits per heavy atom. The van der Waals surface area contributed by atoms with Crippen molar-refractivity contribution < 1.29 is 9.53 Å². The van der Waals surface area contributed by atoms with Gasteiger partial charge in [0.05, 0.1) is 12.9 Å². The van der Waals surface area contributed by atoms with Crippen molar-refractivity contribution in [3.8, 4) is 0 Å². The lowest BCUT2D eigenvalue weighted by Gasteiger charge is -2.26. The van der Waals surface area contributed by atoms with Crippen LogP contribution >= 0.6 is 0 Å². The van der Waals surface area contributed by atoms with E-state index in [4.69, 9.17) is 4.74 Å². The molecule has 17 heavy (non-hydrogen) atoms. The number of hydrogen-bond acceptors (Lipinski definition) is 3. The van der Waals surface area contributed by atoms with Crippen LogP contribution in [-0.2, 0) is 4.74 Å². The lowest BCUT2D eigenvalue weighted by atomic mass is 9.87. The van der Waals surface area contributed by atoms with Crippen molar-refractivity contribution in [2.24, 2.45) is 5.92 Å². The molecule has 0 saturated heterocycles. The molecule has 0 spiro atoms. The molecule has 0 radical (unpaired) electrons. The zero-order chi connectivity index (χ0) is 12.3. The monoisotopic (exact) mass is 236 g/mol. The maximum Gasteiger partial charge on any atom is 0.358 e. The number of carbonyl (C=O) groups is 1. The third-order valence-electron chi connectivity index (χ3n) is 3.49. The molecule has 0 amide bonds. The van der Waals surface area contributed by atoms with E-state index in [-0.39, 0.29) is 5.97 Å². The van der Waals surface area contributed by atoms with Crippen molar-refractivity contribution in [3.05, 3.63) is 18.2 Å². The van der Waals surface area contributed by atoms with Crippen LogP contribution < -0.4 is 0 Å². The minimum absolute atomic E-state index is 0.324. The Balaban J connectivity index is 2.00. The summed E-state index contributed by atoms with van der Waals surface area (Å²) in [5.74, 6) is 0.509. The maximum absolute atomic E-state index is 11.5. The number of imidazole rings is 1. The molecule has 2 rings (SSSR count). The van der Waals surface area contributed by atoms with Gasteiger partial charge in [0.1, 0.15) is 0 Å². The van der Waals surface area contributed by atoms with E-state index < -0.39 is 0 Å². The summed E-state index contributed by atoms with van der Waals surface area (Å²) in [7, 11) is 0. The molecule has 94 valence electrons. The number of rotatable bonds is 3. The number of ether oxygens (including phenoxy) is 1. The molecule has 1 aliphatic carbocycles. The molecule has 1 aromatic rings. The first-order chi connectivity index (χ1) is 8.20. The SMILES string of the molecule is CCOC(=O)c1cn(C2CCC(C)CC2)cn1. The van der Waals surface area contributed by atoms with E-state index >= 15 is 0 Å². The molecule has 1 fully saturated rings. The zero-order valence-electron chi connectivity index (χ0n) is 10.6. The fourth-order valence-electron chi connectivity index (χ4n) is 2.39. The Bertz CT molecular complexity index is 379. The molecule has 0 aromatic carbocycles. The van der Waals surface area contributed by atoms with Gasteiger partial charge in [-0.25, -0.2) is 9.78 Å². The predicted molar refractivity (Wildman–Crippen MR) is 64.9 cm³/mol. The quantitative estimate of drug-likeness (QED) is 0.758. The second-order valence-corrected chi connectivity index (χ2v) is 4.84. The summed E-state index contributed by atoms with van der Waals surface area (Å²) in [6.07, 6.45) is 8.46. The second kappa shape index (κ2) is 5.34. The molecular formula is C13H20N2O2. The second-order valence-electron chi connectivity index (χ2n) is 4.84. The van der Waals surface area contributed by atoms with Crippen LogP contribution in [0.2, 0.25) is 0 Å². The summed E-state index contributed by atoms with van der Waals surface area (Å²) < 4.78 is 7.00. The van der Waals surface area contributed by atoms with Gasteiger partial charge in [-0.05, 0) is 38.5 Å². The molecule has 0 aliphatic heterocycles. The summed E-state index contributed by atoms with van der Waals surface area (Å²) in [5, 5.41) is 0. The van der Waals surface area contributed by atoms with E-state index in [1.165, 1.54) is 25.7 Å². The molecule has 0 bridgehead atoms. The minimum atomic E-state index is -0.324. The number of esters is 1. The normalized spacial score (nSPS) is 24.6. The Hall–Kier alpha value is -1.32. The third-order valence-corrected chi connectivity index (χ3v) is 3.49. The number of nitrogens with zero attached hydrogens (tertiary/aromatic N) is 2. The van der Waals surface area contributed by atoms with Crippen LogP contribution in [0, 0.1) is 5.92 Å². The van der Waals surface area contributed by atoms with Gasteiger partial charge in [0.25, 0.3) is 0 Å². The van der Waals surface area contributed by atoms with Gasteiger partial charge in [-0.3, -0.25) is 0 Å². The molecule has 0 N–H and O–H groups in total. The van der Waals surface area contributed by atoms with E-state index in [0.717, 1.165) is 5.92 Å². The van der Waals surface area contributed by atoms with Gasteiger partial charge in [0.15, 0.2) is 5.69 Å². The first-order valence-electron chi connectivity index (χ1n) is 6.41. The van der Waals surface area contributed by atoms with Crippen molar-refractivity contribution in [1.82, 2.24) is 9.55 Å². The van der Waals surface area contributed by atoms with Crippen LogP contribution in [0.25, 0.3) is 0 Å². The predicted octanol–water partition coefficient (Wildman–Crippen LogP) is 2.81. The Morgan fingerprint density at radius 2 is 2.18 bits per heavy atom. The fourth-order valence-corrected chi connectivity index (χ4v) is 2.39. The molecule has 4 nitrogen and oxygen atoms in total. The summed E-state index contributed by atoms with van der Waals surface area (Å²) in [6.45, 7) is 4.50. The maximum atomic E-state index is 11.5. The standard InChI is InChI=1S/C13H20N2O2/c1-3-17-13(16)12-8-15(9-14-12)11-6-4-10(2)5-7-11/h8-11H,3-7H2,1-2H3. The Labute approximate surface area is 102 Å². The van der Waals surface area contributed by atoms with Gasteiger partial charge in [-0.2, -0.15) is 0 Å². The molecule has 1 heterocycles. The molecule has 1 aliphatic rings. The molecule has 4 heteroatoms. The van der Waals surface area contributed by atoms with Gasteiger partial charge in [-0.1, -0.05) is 6.92 Å². The lowest BCUT2D eigenvalue weighted by molar-refractivity contribution is 0.0520. The van der Waals surface area contributed by atoms with Crippen molar-refractivity contribution in [1.29, 1.82) is 0 Å². The van der Waals surface area contributed by atoms with E-state index in [1.54, 1.807) is 13.3 Å². The van der Waals surface area contributed by atoms with Gasteiger partial charge < -0.3 is 9.30 Å². The third kappa shape index (κ3) is 2.87. The van der Waals surface area contributed by atoms with Gasteiger partial charge >= 0.3 is 5.97 Å². The first-order valence-corrected chi connectivity index (χ1v) is 6.41. The van der Waals surface area contributed by atoms with E-state index in [2.05, 4.69) is 16.5 Å². The van der Waals surface area contributed by atoms with Crippen molar-refractivity contribution in [2.75, 3.05) is 6.61 Å². The van der Waals surface area contributed by atoms with Crippen LogP contribution in [0.1, 0.15) is 56.1 Å². The Kier molecular flexibility index (Phi) is 3.82. The molecule has 1 aromatic heterocycles. The highest BCUT2D eigenvalue weighted by molar-refractivity contribution is 5.86. The molecule has 0 unspecified atom stereocenters. The first kappa shape index (κ1) is 12.1. The van der Waals surface area contributed by atoms with Gasteiger partial charge in [-0.15, -0.1) is 0 Å². The number of hydrogen-bond donors (Lipinski definition) is 0. The van der Waals surface area contributed by atoms with Crippen molar-refractivity contribution >= 4 is 5.97 Å². The zero-order valence-corrected chi connectivity index (χ0v) is 10.6. The average molecular weight is 236 g/mol.